The van der Waals surface area contributed by atoms with Crippen molar-refractivity contribution in [3.05, 3.63) is 29.3 Å². The largest absolute Gasteiger partial charge is 0.493 e. The van der Waals surface area contributed by atoms with Crippen molar-refractivity contribution in [2.75, 3.05) is 32.8 Å². The third-order valence-corrected chi connectivity index (χ3v) is 4.63. The van der Waals surface area contributed by atoms with Crippen molar-refractivity contribution in [3.63, 3.8) is 0 Å². The average Bonchev–Trinajstić information content (AvgIpc) is 3.17. The Kier molecular flexibility index (Phi) is 4.78. The van der Waals surface area contributed by atoms with Crippen molar-refractivity contribution in [1.82, 2.24) is 4.90 Å². The van der Waals surface area contributed by atoms with Gasteiger partial charge in [0.15, 0.2) is 0 Å². The van der Waals surface area contributed by atoms with Gasteiger partial charge in [-0.25, -0.2) is 0 Å². The zero-order valence-electron chi connectivity index (χ0n) is 12.9. The van der Waals surface area contributed by atoms with E-state index >= 15 is 0 Å². The lowest BCUT2D eigenvalue weighted by Crippen LogP contribution is -2.38. The van der Waals surface area contributed by atoms with Crippen LogP contribution >= 0.6 is 0 Å². The van der Waals surface area contributed by atoms with Crippen LogP contribution in [0.15, 0.2) is 18.2 Å². The Bertz CT molecular complexity index is 472. The van der Waals surface area contributed by atoms with Crippen LogP contribution in [0.4, 0.5) is 0 Å². The van der Waals surface area contributed by atoms with E-state index in [-0.39, 0.29) is 6.04 Å². The zero-order valence-corrected chi connectivity index (χ0v) is 12.9. The van der Waals surface area contributed by atoms with E-state index in [1.54, 1.807) is 0 Å². The van der Waals surface area contributed by atoms with Crippen LogP contribution in [0.1, 0.15) is 36.9 Å². The zero-order chi connectivity index (χ0) is 14.7. The molecular formula is C17H26N2O2. The van der Waals surface area contributed by atoms with Crippen LogP contribution < -0.4 is 10.5 Å². The Morgan fingerprint density at radius 1 is 1.38 bits per heavy atom. The van der Waals surface area contributed by atoms with E-state index in [1.807, 2.05) is 0 Å². The van der Waals surface area contributed by atoms with Gasteiger partial charge in [-0.15, -0.1) is 0 Å². The van der Waals surface area contributed by atoms with E-state index in [4.69, 9.17) is 15.2 Å². The molecular weight excluding hydrogens is 264 g/mol. The molecule has 2 N–H and O–H groups in total. The Balaban J connectivity index is 1.75. The summed E-state index contributed by atoms with van der Waals surface area (Å²) in [5, 5.41) is 0. The Morgan fingerprint density at radius 3 is 3.00 bits per heavy atom. The summed E-state index contributed by atoms with van der Waals surface area (Å²) in [5.74, 6) is 1.04. The molecule has 1 aromatic rings. The van der Waals surface area contributed by atoms with Crippen LogP contribution in [0.25, 0.3) is 0 Å². The van der Waals surface area contributed by atoms with Gasteiger partial charge in [0, 0.05) is 32.2 Å². The first-order valence-corrected chi connectivity index (χ1v) is 8.13. The highest BCUT2D eigenvalue weighted by molar-refractivity contribution is 5.40. The molecule has 1 aromatic carbocycles. The maximum absolute atomic E-state index is 6.09. The SMILES string of the molecule is CCN(CC1CCCO1)C(CN)c1ccc2c(c1)CCO2. The number of fused-ring (bicyclic) bond motifs is 1. The highest BCUT2D eigenvalue weighted by Crippen LogP contribution is 2.30. The van der Waals surface area contributed by atoms with Crippen LogP contribution in [-0.4, -0.2) is 43.9 Å². The summed E-state index contributed by atoms with van der Waals surface area (Å²) in [6.45, 7) is 6.53. The quantitative estimate of drug-likeness (QED) is 0.872. The number of rotatable bonds is 6. The second-order valence-corrected chi connectivity index (χ2v) is 5.94. The molecule has 0 aromatic heterocycles. The van der Waals surface area contributed by atoms with Crippen molar-refractivity contribution in [2.45, 2.75) is 38.3 Å². The standard InChI is InChI=1S/C17H26N2O2/c1-2-19(12-15-4-3-8-20-15)16(11-18)13-5-6-17-14(10-13)7-9-21-17/h5-6,10,15-16H,2-4,7-9,11-12,18H2,1H3. The Labute approximate surface area is 127 Å². The number of nitrogens with zero attached hydrogens (tertiary/aromatic N) is 1. The number of nitrogens with two attached hydrogens (primary N) is 1. The minimum atomic E-state index is 0.269. The summed E-state index contributed by atoms with van der Waals surface area (Å²) >= 11 is 0. The van der Waals surface area contributed by atoms with E-state index in [9.17, 15) is 0 Å². The fourth-order valence-corrected chi connectivity index (χ4v) is 3.44. The molecule has 21 heavy (non-hydrogen) atoms. The van der Waals surface area contributed by atoms with E-state index in [0.717, 1.165) is 38.5 Å². The number of benzene rings is 1. The molecule has 2 heterocycles. The van der Waals surface area contributed by atoms with Crippen LogP contribution in [0, 0.1) is 0 Å². The first-order chi connectivity index (χ1) is 10.3. The van der Waals surface area contributed by atoms with Crippen molar-refractivity contribution >= 4 is 0 Å². The van der Waals surface area contributed by atoms with Crippen LogP contribution in [0.3, 0.4) is 0 Å². The molecule has 0 bridgehead atoms. The molecule has 1 saturated heterocycles. The monoisotopic (exact) mass is 290 g/mol. The van der Waals surface area contributed by atoms with Gasteiger partial charge in [0.05, 0.1) is 12.7 Å². The average molecular weight is 290 g/mol. The van der Waals surface area contributed by atoms with Crippen LogP contribution in [-0.2, 0) is 11.2 Å². The maximum atomic E-state index is 6.09. The van der Waals surface area contributed by atoms with Crippen LogP contribution in [0.2, 0.25) is 0 Å². The van der Waals surface area contributed by atoms with Gasteiger partial charge in [-0.1, -0.05) is 19.1 Å². The van der Waals surface area contributed by atoms with Gasteiger partial charge in [0.25, 0.3) is 0 Å². The number of ether oxygens (including phenoxy) is 2. The van der Waals surface area contributed by atoms with Gasteiger partial charge in [-0.2, -0.15) is 0 Å². The van der Waals surface area contributed by atoms with E-state index in [0.29, 0.717) is 12.6 Å². The predicted octanol–water partition coefficient (Wildman–Crippen LogP) is 2.12. The van der Waals surface area contributed by atoms with Crippen LogP contribution in [0.5, 0.6) is 5.75 Å². The molecule has 0 amide bonds. The number of likely N-dealkylation sites (N-methyl/N-ethyl adjacent to an activating group) is 1. The van der Waals surface area contributed by atoms with E-state index in [1.165, 1.54) is 24.0 Å². The van der Waals surface area contributed by atoms with Crippen molar-refractivity contribution in [2.24, 2.45) is 5.73 Å². The normalized spacial score (nSPS) is 22.3. The summed E-state index contributed by atoms with van der Waals surface area (Å²) in [6.07, 6.45) is 3.74. The molecule has 3 rings (SSSR count). The molecule has 116 valence electrons. The predicted molar refractivity (Wildman–Crippen MR) is 83.7 cm³/mol. The molecule has 4 nitrogen and oxygen atoms in total. The van der Waals surface area contributed by atoms with Gasteiger partial charge in [-0.05, 0) is 36.6 Å². The molecule has 0 saturated carbocycles. The van der Waals surface area contributed by atoms with Gasteiger partial charge in [0.2, 0.25) is 0 Å². The number of hydrogen-bond acceptors (Lipinski definition) is 4. The second-order valence-electron chi connectivity index (χ2n) is 5.94. The van der Waals surface area contributed by atoms with E-state index in [2.05, 4.69) is 30.0 Å². The molecule has 2 aliphatic heterocycles. The lowest BCUT2D eigenvalue weighted by molar-refractivity contribution is 0.0601. The van der Waals surface area contributed by atoms with E-state index < -0.39 is 0 Å². The van der Waals surface area contributed by atoms with Crippen molar-refractivity contribution < 1.29 is 9.47 Å². The maximum Gasteiger partial charge on any atom is 0.122 e. The first-order valence-electron chi connectivity index (χ1n) is 8.13. The summed E-state index contributed by atoms with van der Waals surface area (Å²) in [5.41, 5.74) is 8.71. The van der Waals surface area contributed by atoms with Crippen molar-refractivity contribution in [3.8, 4) is 5.75 Å². The number of hydrogen-bond donors (Lipinski definition) is 1. The topological polar surface area (TPSA) is 47.7 Å². The fraction of sp³-hybridized carbons (Fsp3) is 0.647. The summed E-state index contributed by atoms with van der Waals surface area (Å²) in [6, 6.07) is 6.81. The van der Waals surface area contributed by atoms with Gasteiger partial charge in [-0.3, -0.25) is 4.90 Å². The van der Waals surface area contributed by atoms with Gasteiger partial charge < -0.3 is 15.2 Å². The van der Waals surface area contributed by atoms with Gasteiger partial charge >= 0.3 is 0 Å². The van der Waals surface area contributed by atoms with Gasteiger partial charge in [0.1, 0.15) is 5.75 Å². The molecule has 0 aliphatic carbocycles. The third kappa shape index (κ3) is 3.23. The fourth-order valence-electron chi connectivity index (χ4n) is 3.44. The minimum absolute atomic E-state index is 0.269. The molecule has 2 atom stereocenters. The smallest absolute Gasteiger partial charge is 0.122 e. The second kappa shape index (κ2) is 6.77. The molecule has 0 radical (unpaired) electrons. The third-order valence-electron chi connectivity index (χ3n) is 4.63. The highest BCUT2D eigenvalue weighted by atomic mass is 16.5. The molecule has 1 fully saturated rings. The minimum Gasteiger partial charge on any atom is -0.493 e. The lowest BCUT2D eigenvalue weighted by atomic mass is 10.0. The molecule has 4 heteroatoms. The lowest BCUT2D eigenvalue weighted by Gasteiger charge is -2.32. The highest BCUT2D eigenvalue weighted by Gasteiger charge is 2.25. The molecule has 2 unspecified atom stereocenters. The summed E-state index contributed by atoms with van der Waals surface area (Å²) in [4.78, 5) is 2.45. The summed E-state index contributed by atoms with van der Waals surface area (Å²) in [7, 11) is 0. The molecule has 2 aliphatic rings. The first kappa shape index (κ1) is 14.8. The Morgan fingerprint density at radius 2 is 2.29 bits per heavy atom. The molecule has 0 spiro atoms. The summed E-state index contributed by atoms with van der Waals surface area (Å²) < 4.78 is 11.4. The van der Waals surface area contributed by atoms with Crippen molar-refractivity contribution in [1.29, 1.82) is 0 Å². The Hall–Kier alpha value is -1.10.